The smallest absolute Gasteiger partial charge is 0.127 e. The van der Waals surface area contributed by atoms with Crippen LogP contribution in [0.25, 0.3) is 0 Å². The minimum Gasteiger partial charge on any atom is -0.318 e. The van der Waals surface area contributed by atoms with Gasteiger partial charge in [-0.05, 0) is 48.3 Å². The Morgan fingerprint density at radius 1 is 1.42 bits per heavy atom. The first kappa shape index (κ1) is 9.94. The van der Waals surface area contributed by atoms with Crippen LogP contribution in [0.4, 0.5) is 0 Å². The zero-order valence-electron chi connectivity index (χ0n) is 7.34. The number of pyridine rings is 1. The molecule has 1 aromatic rings. The van der Waals surface area contributed by atoms with Gasteiger partial charge in [-0.2, -0.15) is 0 Å². The Hall–Kier alpha value is -0.140. The van der Waals surface area contributed by atoms with E-state index in [1.165, 1.54) is 0 Å². The second-order valence-electron chi connectivity index (χ2n) is 3.09. The molecule has 0 aliphatic heterocycles. The van der Waals surface area contributed by atoms with Crippen LogP contribution >= 0.6 is 23.1 Å². The van der Waals surface area contributed by atoms with Crippen molar-refractivity contribution in [3.05, 3.63) is 22.3 Å². The minimum atomic E-state index is -2.20. The van der Waals surface area contributed by atoms with E-state index >= 15 is 0 Å². The highest BCUT2D eigenvalue weighted by atomic mass is 79.9. The Morgan fingerprint density at radius 2 is 2.00 bits per heavy atom. The van der Waals surface area contributed by atoms with Gasteiger partial charge in [0.05, 0.1) is 11.1 Å². The second-order valence-corrected chi connectivity index (χ2v) is 7.10. The molecule has 1 heterocycles. The zero-order chi connectivity index (χ0) is 9.35. The molecule has 1 rings (SSSR count). The lowest BCUT2D eigenvalue weighted by Crippen LogP contribution is -2.09. The molecule has 2 nitrogen and oxygen atoms in total. The van der Waals surface area contributed by atoms with E-state index < -0.39 is 7.14 Å². The summed E-state index contributed by atoms with van der Waals surface area (Å²) in [4.78, 5) is 4.23. The van der Waals surface area contributed by atoms with Crippen LogP contribution in [0.2, 0.25) is 0 Å². The fourth-order valence-corrected chi connectivity index (χ4v) is 1.88. The summed E-state index contributed by atoms with van der Waals surface area (Å²) >= 11 is 3.34. The SMILES string of the molecule is Cc1nc(P(C)(C)=O)ccc1Br. The number of halogens is 1. The van der Waals surface area contributed by atoms with Gasteiger partial charge < -0.3 is 4.57 Å². The van der Waals surface area contributed by atoms with Crippen LogP contribution in [-0.4, -0.2) is 18.3 Å². The van der Waals surface area contributed by atoms with E-state index in [-0.39, 0.29) is 0 Å². The van der Waals surface area contributed by atoms with Crippen molar-refractivity contribution in [3.63, 3.8) is 0 Å². The van der Waals surface area contributed by atoms with Gasteiger partial charge in [-0.1, -0.05) is 0 Å². The van der Waals surface area contributed by atoms with Crippen LogP contribution < -0.4 is 5.44 Å². The molecule has 0 atom stereocenters. The van der Waals surface area contributed by atoms with Crippen LogP contribution in [0.1, 0.15) is 5.69 Å². The molecule has 0 radical (unpaired) electrons. The van der Waals surface area contributed by atoms with Gasteiger partial charge >= 0.3 is 0 Å². The predicted octanol–water partition coefficient (Wildman–Crippen LogP) is 2.40. The Labute approximate surface area is 80.9 Å². The standard InChI is InChI=1S/C8H11BrNOP/c1-6-7(9)4-5-8(10-6)12(2,3)11/h4-5H,1-3H3. The topological polar surface area (TPSA) is 30.0 Å². The normalized spacial score (nSPS) is 11.7. The lowest BCUT2D eigenvalue weighted by atomic mass is 10.4. The molecule has 0 unspecified atom stereocenters. The third-order valence-corrected chi connectivity index (χ3v) is 3.75. The van der Waals surface area contributed by atoms with Crippen molar-refractivity contribution in [2.24, 2.45) is 0 Å². The van der Waals surface area contributed by atoms with Crippen molar-refractivity contribution in [2.45, 2.75) is 6.92 Å². The maximum absolute atomic E-state index is 11.6. The van der Waals surface area contributed by atoms with E-state index in [1.54, 1.807) is 19.4 Å². The van der Waals surface area contributed by atoms with Crippen LogP contribution in [0.5, 0.6) is 0 Å². The van der Waals surface area contributed by atoms with Crippen molar-refractivity contribution in [2.75, 3.05) is 13.3 Å². The minimum absolute atomic E-state index is 0.697. The van der Waals surface area contributed by atoms with Gasteiger partial charge in [0.1, 0.15) is 7.14 Å². The lowest BCUT2D eigenvalue weighted by molar-refractivity contribution is 0.587. The number of nitrogens with zero attached hydrogens (tertiary/aromatic N) is 1. The third kappa shape index (κ3) is 2.18. The van der Waals surface area contributed by atoms with Gasteiger partial charge in [0.2, 0.25) is 0 Å². The second kappa shape index (κ2) is 3.31. The van der Waals surface area contributed by atoms with Crippen molar-refractivity contribution < 1.29 is 4.57 Å². The molecular weight excluding hydrogens is 237 g/mol. The summed E-state index contributed by atoms with van der Waals surface area (Å²) in [6, 6.07) is 3.69. The molecule has 0 bridgehead atoms. The molecule has 4 heteroatoms. The highest BCUT2D eigenvalue weighted by Crippen LogP contribution is 2.33. The maximum Gasteiger partial charge on any atom is 0.127 e. The van der Waals surface area contributed by atoms with Crippen molar-refractivity contribution >= 4 is 28.5 Å². The first-order valence-electron chi connectivity index (χ1n) is 3.60. The molecule has 0 fully saturated rings. The Balaban J connectivity index is 3.23. The molecule has 0 saturated heterocycles. The van der Waals surface area contributed by atoms with Crippen LogP contribution in [0, 0.1) is 6.92 Å². The van der Waals surface area contributed by atoms with E-state index in [2.05, 4.69) is 20.9 Å². The summed E-state index contributed by atoms with van der Waals surface area (Å²) in [7, 11) is -2.20. The van der Waals surface area contributed by atoms with Crippen molar-refractivity contribution in [1.29, 1.82) is 0 Å². The summed E-state index contributed by atoms with van der Waals surface area (Å²) in [6.07, 6.45) is 0. The summed E-state index contributed by atoms with van der Waals surface area (Å²) in [6.45, 7) is 5.34. The largest absolute Gasteiger partial charge is 0.318 e. The maximum atomic E-state index is 11.6. The molecule has 0 spiro atoms. The van der Waals surface area contributed by atoms with Crippen LogP contribution in [0.15, 0.2) is 16.6 Å². The van der Waals surface area contributed by atoms with Gasteiger partial charge in [-0.25, -0.2) is 4.98 Å². The fourth-order valence-electron chi connectivity index (χ4n) is 0.831. The number of hydrogen-bond donors (Lipinski definition) is 0. The third-order valence-electron chi connectivity index (χ3n) is 1.56. The van der Waals surface area contributed by atoms with Gasteiger partial charge in [0.15, 0.2) is 0 Å². The summed E-state index contributed by atoms with van der Waals surface area (Å²) in [5, 5.41) is 0. The van der Waals surface area contributed by atoms with E-state index in [9.17, 15) is 4.57 Å². The van der Waals surface area contributed by atoms with Gasteiger partial charge in [-0.15, -0.1) is 0 Å². The molecule has 12 heavy (non-hydrogen) atoms. The van der Waals surface area contributed by atoms with Crippen molar-refractivity contribution in [3.8, 4) is 0 Å². The molecule has 0 N–H and O–H groups in total. The lowest BCUT2D eigenvalue weighted by Gasteiger charge is -2.06. The molecule has 66 valence electrons. The Bertz CT molecular complexity index is 345. The molecule has 1 aromatic heterocycles. The highest BCUT2D eigenvalue weighted by molar-refractivity contribution is 9.10. The summed E-state index contributed by atoms with van der Waals surface area (Å²) in [5.41, 5.74) is 1.58. The van der Waals surface area contributed by atoms with E-state index in [1.807, 2.05) is 13.0 Å². The van der Waals surface area contributed by atoms with Crippen LogP contribution in [-0.2, 0) is 4.57 Å². The predicted molar refractivity (Wildman–Crippen MR) is 55.8 cm³/mol. The monoisotopic (exact) mass is 247 g/mol. The quantitative estimate of drug-likeness (QED) is 0.714. The first-order valence-corrected chi connectivity index (χ1v) is 6.99. The number of aromatic nitrogens is 1. The average molecular weight is 248 g/mol. The molecule has 0 saturated carbocycles. The molecule has 0 aromatic carbocycles. The van der Waals surface area contributed by atoms with E-state index in [0.717, 1.165) is 10.2 Å². The molecular formula is C8H11BrNOP. The average Bonchev–Trinajstić information content (AvgIpc) is 1.92. The number of aryl methyl sites for hydroxylation is 1. The summed E-state index contributed by atoms with van der Waals surface area (Å²) in [5.74, 6) is 0. The van der Waals surface area contributed by atoms with E-state index in [4.69, 9.17) is 0 Å². The van der Waals surface area contributed by atoms with Gasteiger partial charge in [-0.3, -0.25) is 0 Å². The zero-order valence-corrected chi connectivity index (χ0v) is 9.82. The molecule has 0 aliphatic rings. The van der Waals surface area contributed by atoms with E-state index in [0.29, 0.717) is 5.44 Å². The molecule has 0 aliphatic carbocycles. The molecule has 0 amide bonds. The number of rotatable bonds is 1. The Kier molecular flexibility index (Phi) is 2.74. The first-order chi connectivity index (χ1) is 5.41. The highest BCUT2D eigenvalue weighted by Gasteiger charge is 2.12. The fraction of sp³-hybridized carbons (Fsp3) is 0.375. The van der Waals surface area contributed by atoms with Gasteiger partial charge in [0.25, 0.3) is 0 Å². The summed E-state index contributed by atoms with van der Waals surface area (Å²) < 4.78 is 12.6. The van der Waals surface area contributed by atoms with Gasteiger partial charge in [0, 0.05) is 4.47 Å². The van der Waals surface area contributed by atoms with Crippen molar-refractivity contribution in [1.82, 2.24) is 4.98 Å². The number of hydrogen-bond acceptors (Lipinski definition) is 2. The van der Waals surface area contributed by atoms with Crippen LogP contribution in [0.3, 0.4) is 0 Å². The Morgan fingerprint density at radius 3 is 2.42 bits per heavy atom.